The minimum Gasteiger partial charge on any atom is -0.373 e. The molecule has 5 nitrogen and oxygen atoms in total. The molecule has 0 aromatic rings. The van der Waals surface area contributed by atoms with E-state index >= 15 is 0 Å². The third-order valence-electron chi connectivity index (χ3n) is 6.44. The SMILES string of the molecule is CC1(C)CN(C2(CNC(=O)CCC3CCNC3)CCCCC2)CCO1. The molecule has 1 aliphatic carbocycles. The first-order valence-electron chi connectivity index (χ1n) is 10.4. The van der Waals surface area contributed by atoms with E-state index < -0.39 is 0 Å². The quantitative estimate of drug-likeness (QED) is 0.771. The van der Waals surface area contributed by atoms with Crippen LogP contribution in [0.25, 0.3) is 0 Å². The standard InChI is InChI=1S/C20H37N3O2/c1-19(2)16-23(12-13-25-19)20(9-4-3-5-10-20)15-22-18(24)7-6-17-8-11-21-14-17/h17,21H,3-16H2,1-2H3,(H,22,24). The molecule has 0 spiro atoms. The van der Waals surface area contributed by atoms with E-state index in [2.05, 4.69) is 29.4 Å². The van der Waals surface area contributed by atoms with Crippen LogP contribution in [-0.4, -0.2) is 61.3 Å². The Labute approximate surface area is 153 Å². The molecule has 2 aliphatic heterocycles. The highest BCUT2D eigenvalue weighted by Crippen LogP contribution is 2.36. The van der Waals surface area contributed by atoms with Crippen molar-refractivity contribution in [3.05, 3.63) is 0 Å². The van der Waals surface area contributed by atoms with E-state index in [0.29, 0.717) is 12.3 Å². The van der Waals surface area contributed by atoms with Crippen molar-refractivity contribution in [2.75, 3.05) is 39.3 Å². The largest absolute Gasteiger partial charge is 0.373 e. The third kappa shape index (κ3) is 5.18. The molecule has 1 atom stereocenters. The molecule has 3 aliphatic rings. The van der Waals surface area contributed by atoms with Crippen LogP contribution in [0.4, 0.5) is 0 Å². The number of hydrogen-bond acceptors (Lipinski definition) is 4. The van der Waals surface area contributed by atoms with E-state index in [-0.39, 0.29) is 17.0 Å². The van der Waals surface area contributed by atoms with Gasteiger partial charge >= 0.3 is 0 Å². The molecule has 2 N–H and O–H groups in total. The van der Waals surface area contributed by atoms with Gasteiger partial charge in [-0.05, 0) is 58.5 Å². The maximum absolute atomic E-state index is 12.4. The first-order chi connectivity index (χ1) is 12.0. The minimum atomic E-state index is -0.0812. The summed E-state index contributed by atoms with van der Waals surface area (Å²) in [7, 11) is 0. The van der Waals surface area contributed by atoms with E-state index in [1.165, 1.54) is 38.5 Å². The van der Waals surface area contributed by atoms with Gasteiger partial charge in [0.25, 0.3) is 0 Å². The maximum Gasteiger partial charge on any atom is 0.220 e. The van der Waals surface area contributed by atoms with Crippen LogP contribution in [0.2, 0.25) is 0 Å². The Balaban J connectivity index is 1.54. The second-order valence-electron chi connectivity index (χ2n) is 8.99. The average molecular weight is 352 g/mol. The third-order valence-corrected chi connectivity index (χ3v) is 6.44. The van der Waals surface area contributed by atoms with Crippen molar-refractivity contribution in [2.45, 2.75) is 76.4 Å². The lowest BCUT2D eigenvalue weighted by atomic mass is 9.79. The molecule has 1 saturated carbocycles. The summed E-state index contributed by atoms with van der Waals surface area (Å²) in [4.78, 5) is 15.0. The normalized spacial score (nSPS) is 29.4. The predicted molar refractivity (Wildman–Crippen MR) is 101 cm³/mol. The van der Waals surface area contributed by atoms with Gasteiger partial charge in [-0.3, -0.25) is 9.69 Å². The average Bonchev–Trinajstić information content (AvgIpc) is 3.12. The lowest BCUT2D eigenvalue weighted by molar-refractivity contribution is -0.129. The molecule has 0 aromatic heterocycles. The zero-order valence-corrected chi connectivity index (χ0v) is 16.2. The number of ether oxygens (including phenoxy) is 1. The molecule has 0 bridgehead atoms. The number of carbonyl (C=O) groups is 1. The van der Waals surface area contributed by atoms with E-state index in [9.17, 15) is 4.79 Å². The van der Waals surface area contributed by atoms with Gasteiger partial charge in [-0.15, -0.1) is 0 Å². The molecule has 2 heterocycles. The van der Waals surface area contributed by atoms with E-state index in [1.54, 1.807) is 0 Å². The molecule has 2 saturated heterocycles. The van der Waals surface area contributed by atoms with Crippen LogP contribution in [0.1, 0.15) is 65.2 Å². The highest BCUT2D eigenvalue weighted by Gasteiger charge is 2.42. The number of morpholine rings is 1. The first-order valence-corrected chi connectivity index (χ1v) is 10.4. The van der Waals surface area contributed by atoms with Crippen LogP contribution in [0.5, 0.6) is 0 Å². The fourth-order valence-corrected chi connectivity index (χ4v) is 4.88. The van der Waals surface area contributed by atoms with Crippen molar-refractivity contribution in [1.82, 2.24) is 15.5 Å². The zero-order valence-electron chi connectivity index (χ0n) is 16.2. The zero-order chi connectivity index (χ0) is 17.8. The van der Waals surface area contributed by atoms with Crippen LogP contribution in [0.3, 0.4) is 0 Å². The van der Waals surface area contributed by atoms with Crippen LogP contribution in [0, 0.1) is 5.92 Å². The Morgan fingerprint density at radius 2 is 2.08 bits per heavy atom. The summed E-state index contributed by atoms with van der Waals surface area (Å²) in [5.41, 5.74) is 0.0616. The lowest BCUT2D eigenvalue weighted by Crippen LogP contribution is -2.63. The van der Waals surface area contributed by atoms with E-state index in [4.69, 9.17) is 4.74 Å². The van der Waals surface area contributed by atoms with E-state index in [0.717, 1.165) is 45.8 Å². The Kier molecular flexibility index (Phi) is 6.39. The highest BCUT2D eigenvalue weighted by atomic mass is 16.5. The summed E-state index contributed by atoms with van der Waals surface area (Å²) in [5, 5.41) is 6.69. The molecule has 1 unspecified atom stereocenters. The Morgan fingerprint density at radius 1 is 1.28 bits per heavy atom. The highest BCUT2D eigenvalue weighted by molar-refractivity contribution is 5.75. The van der Waals surface area contributed by atoms with Gasteiger partial charge in [0, 0.05) is 31.6 Å². The second kappa shape index (κ2) is 8.36. The van der Waals surface area contributed by atoms with Crippen LogP contribution in [-0.2, 0) is 9.53 Å². The molecule has 5 heteroatoms. The fraction of sp³-hybridized carbons (Fsp3) is 0.950. The van der Waals surface area contributed by atoms with Gasteiger partial charge in [-0.25, -0.2) is 0 Å². The number of amides is 1. The monoisotopic (exact) mass is 351 g/mol. The van der Waals surface area contributed by atoms with Crippen molar-refractivity contribution in [2.24, 2.45) is 5.92 Å². The summed E-state index contributed by atoms with van der Waals surface area (Å²) in [5.74, 6) is 0.929. The molecule has 0 aromatic carbocycles. The minimum absolute atomic E-state index is 0.0812. The summed E-state index contributed by atoms with van der Waals surface area (Å²) >= 11 is 0. The van der Waals surface area contributed by atoms with Crippen LogP contribution in [0.15, 0.2) is 0 Å². The summed E-state index contributed by atoms with van der Waals surface area (Å²) in [6.45, 7) is 10.1. The molecular formula is C20H37N3O2. The van der Waals surface area contributed by atoms with Gasteiger partial charge in [0.1, 0.15) is 0 Å². The number of hydrogen-bond donors (Lipinski definition) is 2. The molecule has 3 rings (SSSR count). The topological polar surface area (TPSA) is 53.6 Å². The number of rotatable bonds is 6. The van der Waals surface area contributed by atoms with Gasteiger partial charge in [0.15, 0.2) is 0 Å². The molecule has 3 fully saturated rings. The van der Waals surface area contributed by atoms with Gasteiger partial charge in [0.2, 0.25) is 5.91 Å². The smallest absolute Gasteiger partial charge is 0.220 e. The fourth-order valence-electron chi connectivity index (χ4n) is 4.88. The van der Waals surface area contributed by atoms with Gasteiger partial charge in [-0.1, -0.05) is 19.3 Å². The Bertz CT molecular complexity index is 440. The van der Waals surface area contributed by atoms with Gasteiger partial charge in [0.05, 0.1) is 12.2 Å². The van der Waals surface area contributed by atoms with Crippen LogP contribution < -0.4 is 10.6 Å². The number of nitrogens with one attached hydrogen (secondary N) is 2. The summed E-state index contributed by atoms with van der Waals surface area (Å²) in [6, 6.07) is 0. The first kappa shape index (κ1) is 19.1. The van der Waals surface area contributed by atoms with Crippen molar-refractivity contribution < 1.29 is 9.53 Å². The second-order valence-corrected chi connectivity index (χ2v) is 8.99. The summed E-state index contributed by atoms with van der Waals surface area (Å²) in [6.07, 6.45) is 9.22. The van der Waals surface area contributed by atoms with Crippen molar-refractivity contribution in [3.8, 4) is 0 Å². The van der Waals surface area contributed by atoms with Crippen molar-refractivity contribution in [1.29, 1.82) is 0 Å². The molecule has 1 amide bonds. The van der Waals surface area contributed by atoms with E-state index in [1.807, 2.05) is 0 Å². The van der Waals surface area contributed by atoms with Gasteiger partial charge < -0.3 is 15.4 Å². The van der Waals surface area contributed by atoms with Gasteiger partial charge in [-0.2, -0.15) is 0 Å². The van der Waals surface area contributed by atoms with Crippen molar-refractivity contribution >= 4 is 5.91 Å². The van der Waals surface area contributed by atoms with Crippen molar-refractivity contribution in [3.63, 3.8) is 0 Å². The Hall–Kier alpha value is -0.650. The van der Waals surface area contributed by atoms with Crippen LogP contribution >= 0.6 is 0 Å². The Morgan fingerprint density at radius 3 is 2.76 bits per heavy atom. The molecular weight excluding hydrogens is 314 g/mol. The predicted octanol–water partition coefficient (Wildman–Crippen LogP) is 2.31. The number of carbonyl (C=O) groups excluding carboxylic acids is 1. The molecule has 144 valence electrons. The lowest BCUT2D eigenvalue weighted by Gasteiger charge is -2.51. The number of nitrogens with zero attached hydrogens (tertiary/aromatic N) is 1. The molecule has 25 heavy (non-hydrogen) atoms. The summed E-state index contributed by atoms with van der Waals surface area (Å²) < 4.78 is 5.92. The maximum atomic E-state index is 12.4. The molecule has 0 radical (unpaired) electrons.